The standard InChI is InChI=1S/C26H43F3O3/c1-6-7-8-9-10-11-14-24(26(30,31-20(2)3)32-21(4)5)15-12-13-22-16-18-23(19-17-22)25(27,28)29/h16-21,24,30H,6-15H2,1-5H3. The van der Waals surface area contributed by atoms with Gasteiger partial charge < -0.3 is 14.6 Å². The molecule has 0 bridgehead atoms. The predicted molar refractivity (Wildman–Crippen MR) is 123 cm³/mol. The van der Waals surface area contributed by atoms with Gasteiger partial charge in [0.05, 0.1) is 17.8 Å². The third-order valence-corrected chi connectivity index (χ3v) is 5.53. The van der Waals surface area contributed by atoms with Crippen LogP contribution in [0.25, 0.3) is 0 Å². The van der Waals surface area contributed by atoms with E-state index in [-0.39, 0.29) is 18.1 Å². The first kappa shape index (κ1) is 28.9. The number of rotatable bonds is 16. The predicted octanol–water partition coefficient (Wildman–Crippen LogP) is 7.89. The minimum Gasteiger partial charge on any atom is -0.343 e. The van der Waals surface area contributed by atoms with Crippen molar-refractivity contribution in [3.63, 3.8) is 0 Å². The highest BCUT2D eigenvalue weighted by atomic mass is 19.4. The van der Waals surface area contributed by atoms with Crippen molar-refractivity contribution in [1.82, 2.24) is 0 Å². The van der Waals surface area contributed by atoms with E-state index in [1.54, 1.807) is 0 Å². The van der Waals surface area contributed by atoms with Crippen LogP contribution in [-0.4, -0.2) is 23.3 Å². The Morgan fingerprint density at radius 2 is 1.28 bits per heavy atom. The summed E-state index contributed by atoms with van der Waals surface area (Å²) in [5, 5.41) is 11.3. The number of benzene rings is 1. The molecule has 1 aromatic rings. The van der Waals surface area contributed by atoms with Crippen molar-refractivity contribution in [3.05, 3.63) is 35.4 Å². The van der Waals surface area contributed by atoms with Crippen molar-refractivity contribution in [2.24, 2.45) is 5.92 Å². The Kier molecular flexibility index (Phi) is 12.8. The van der Waals surface area contributed by atoms with E-state index < -0.39 is 17.7 Å². The fourth-order valence-electron chi connectivity index (χ4n) is 3.99. The maximum atomic E-state index is 12.8. The Bertz CT molecular complexity index is 602. The Balaban J connectivity index is 2.77. The SMILES string of the molecule is CCCCCCCCC(CCCc1ccc(C(F)(F)F)cc1)C(O)(OC(C)C)OC(C)C. The van der Waals surface area contributed by atoms with Crippen LogP contribution in [0.4, 0.5) is 13.2 Å². The van der Waals surface area contributed by atoms with E-state index in [0.29, 0.717) is 12.8 Å². The lowest BCUT2D eigenvalue weighted by molar-refractivity contribution is -0.407. The zero-order valence-electron chi connectivity index (χ0n) is 20.5. The average Bonchev–Trinajstić information content (AvgIpc) is 2.67. The molecule has 0 aliphatic heterocycles. The van der Waals surface area contributed by atoms with E-state index in [1.165, 1.54) is 37.8 Å². The Morgan fingerprint density at radius 1 is 0.781 bits per heavy atom. The fraction of sp³-hybridized carbons (Fsp3) is 0.769. The third-order valence-electron chi connectivity index (χ3n) is 5.53. The molecule has 0 spiro atoms. The van der Waals surface area contributed by atoms with Crippen LogP contribution in [0.1, 0.15) is 104 Å². The summed E-state index contributed by atoms with van der Waals surface area (Å²) in [4.78, 5) is 0. The number of hydrogen-bond donors (Lipinski definition) is 1. The van der Waals surface area contributed by atoms with Crippen LogP contribution in [0.3, 0.4) is 0 Å². The summed E-state index contributed by atoms with van der Waals surface area (Å²) in [7, 11) is 0. The van der Waals surface area contributed by atoms with Gasteiger partial charge in [-0.1, -0.05) is 57.6 Å². The summed E-state index contributed by atoms with van der Waals surface area (Å²) in [6, 6.07) is 5.33. The molecule has 1 aromatic carbocycles. The van der Waals surface area contributed by atoms with Gasteiger partial charge in [0.2, 0.25) is 0 Å². The second-order valence-corrected chi connectivity index (χ2v) is 9.30. The third kappa shape index (κ3) is 11.2. The van der Waals surface area contributed by atoms with Crippen LogP contribution in [0.5, 0.6) is 0 Å². The smallest absolute Gasteiger partial charge is 0.343 e. The molecular formula is C26H43F3O3. The second kappa shape index (κ2) is 14.2. The zero-order chi connectivity index (χ0) is 24.2. The number of alkyl halides is 3. The lowest BCUT2D eigenvalue weighted by Gasteiger charge is -2.38. The van der Waals surface area contributed by atoms with Crippen molar-refractivity contribution in [3.8, 4) is 0 Å². The van der Waals surface area contributed by atoms with Crippen LogP contribution < -0.4 is 0 Å². The molecule has 0 aliphatic carbocycles. The lowest BCUT2D eigenvalue weighted by atomic mass is 9.91. The molecule has 1 rings (SSSR count). The maximum absolute atomic E-state index is 12.8. The lowest BCUT2D eigenvalue weighted by Crippen LogP contribution is -2.47. The molecule has 1 unspecified atom stereocenters. The molecule has 1 N–H and O–H groups in total. The van der Waals surface area contributed by atoms with E-state index in [0.717, 1.165) is 43.4 Å². The van der Waals surface area contributed by atoms with Crippen LogP contribution in [0.15, 0.2) is 24.3 Å². The van der Waals surface area contributed by atoms with Gasteiger partial charge in [-0.25, -0.2) is 0 Å². The first-order valence-corrected chi connectivity index (χ1v) is 12.2. The molecule has 0 aliphatic rings. The topological polar surface area (TPSA) is 38.7 Å². The highest BCUT2D eigenvalue weighted by Gasteiger charge is 2.40. The summed E-state index contributed by atoms with van der Waals surface area (Å²) in [6.07, 6.45) is 5.08. The summed E-state index contributed by atoms with van der Waals surface area (Å²) >= 11 is 0. The molecule has 0 fully saturated rings. The Labute approximate surface area is 192 Å². The van der Waals surface area contributed by atoms with E-state index in [4.69, 9.17) is 9.47 Å². The first-order chi connectivity index (χ1) is 15.0. The van der Waals surface area contributed by atoms with Crippen molar-refractivity contribution >= 4 is 0 Å². The largest absolute Gasteiger partial charge is 0.416 e. The number of unbranched alkanes of at least 4 members (excludes halogenated alkanes) is 5. The van der Waals surface area contributed by atoms with Gasteiger partial charge >= 0.3 is 6.18 Å². The molecule has 0 radical (unpaired) electrons. The number of hydrogen-bond acceptors (Lipinski definition) is 3. The highest BCUT2D eigenvalue weighted by molar-refractivity contribution is 5.24. The number of halogens is 3. The summed E-state index contributed by atoms with van der Waals surface area (Å²) in [5.41, 5.74) is 0.224. The Hall–Kier alpha value is -1.11. The number of aryl methyl sites for hydroxylation is 1. The van der Waals surface area contributed by atoms with Crippen LogP contribution in [0.2, 0.25) is 0 Å². The van der Waals surface area contributed by atoms with E-state index in [1.807, 2.05) is 27.7 Å². The van der Waals surface area contributed by atoms with Gasteiger partial charge in [0, 0.05) is 5.92 Å². The molecule has 1 atom stereocenters. The summed E-state index contributed by atoms with van der Waals surface area (Å²) in [5.74, 6) is -1.86. The summed E-state index contributed by atoms with van der Waals surface area (Å²) in [6.45, 7) is 9.69. The van der Waals surface area contributed by atoms with E-state index >= 15 is 0 Å². The molecule has 0 saturated heterocycles. The van der Waals surface area contributed by atoms with Gasteiger partial charge in [0.1, 0.15) is 0 Å². The normalized spacial score (nSPS) is 13.8. The fourth-order valence-corrected chi connectivity index (χ4v) is 3.99. The van der Waals surface area contributed by atoms with Gasteiger partial charge in [-0.05, 0) is 71.1 Å². The second-order valence-electron chi connectivity index (χ2n) is 9.30. The average molecular weight is 461 g/mol. The van der Waals surface area contributed by atoms with Gasteiger partial charge in [-0.15, -0.1) is 0 Å². The van der Waals surface area contributed by atoms with Gasteiger partial charge in [-0.3, -0.25) is 0 Å². The number of aliphatic hydroxyl groups is 1. The molecule has 0 aromatic heterocycles. The molecule has 0 heterocycles. The Morgan fingerprint density at radius 3 is 1.78 bits per heavy atom. The molecule has 0 saturated carbocycles. The number of ether oxygens (including phenoxy) is 2. The minimum absolute atomic E-state index is 0.194. The molecule has 6 heteroatoms. The van der Waals surface area contributed by atoms with Crippen LogP contribution in [-0.2, 0) is 22.1 Å². The molecule has 32 heavy (non-hydrogen) atoms. The van der Waals surface area contributed by atoms with Gasteiger partial charge in [-0.2, -0.15) is 13.2 Å². The van der Waals surface area contributed by atoms with Crippen molar-refractivity contribution in [2.75, 3.05) is 0 Å². The quantitative estimate of drug-likeness (QED) is 0.201. The molecule has 0 amide bonds. The monoisotopic (exact) mass is 460 g/mol. The minimum atomic E-state index is -4.32. The molecular weight excluding hydrogens is 417 g/mol. The first-order valence-electron chi connectivity index (χ1n) is 12.2. The van der Waals surface area contributed by atoms with Crippen LogP contribution >= 0.6 is 0 Å². The van der Waals surface area contributed by atoms with Crippen molar-refractivity contribution < 1.29 is 27.8 Å². The van der Waals surface area contributed by atoms with Gasteiger partial charge in [0.15, 0.2) is 0 Å². The maximum Gasteiger partial charge on any atom is 0.416 e. The van der Waals surface area contributed by atoms with E-state index in [9.17, 15) is 18.3 Å². The van der Waals surface area contributed by atoms with Crippen LogP contribution in [0, 0.1) is 5.92 Å². The van der Waals surface area contributed by atoms with Gasteiger partial charge in [0.25, 0.3) is 5.97 Å². The van der Waals surface area contributed by atoms with Crippen molar-refractivity contribution in [2.45, 2.75) is 123 Å². The molecule has 186 valence electrons. The summed E-state index contributed by atoms with van der Waals surface area (Å²) < 4.78 is 50.1. The molecule has 3 nitrogen and oxygen atoms in total. The van der Waals surface area contributed by atoms with Crippen molar-refractivity contribution in [1.29, 1.82) is 0 Å². The zero-order valence-corrected chi connectivity index (χ0v) is 20.5. The highest BCUT2D eigenvalue weighted by Crippen LogP contribution is 2.34. The van der Waals surface area contributed by atoms with E-state index in [2.05, 4.69) is 6.92 Å².